The van der Waals surface area contributed by atoms with Crippen molar-refractivity contribution in [3.8, 4) is 33.4 Å². The van der Waals surface area contributed by atoms with Crippen LogP contribution in [0.15, 0.2) is 146 Å². The molecule has 0 saturated carbocycles. The van der Waals surface area contributed by atoms with Crippen LogP contribution in [0.3, 0.4) is 0 Å². The fourth-order valence-corrected chi connectivity index (χ4v) is 16.6. The molecule has 25 atom stereocenters. The van der Waals surface area contributed by atoms with Gasteiger partial charge in [-0.05, 0) is 254 Å². The monoisotopic (exact) mass is 2390 g/mol. The van der Waals surface area contributed by atoms with Gasteiger partial charge in [-0.25, -0.2) is 0 Å². The summed E-state index contributed by atoms with van der Waals surface area (Å²) in [5.74, 6) is -1.22. The standard InChI is InChI=1S/C48H70O10.C24H30O10.C14H25BrO3.C12H8I2.I2.HI/c1-17-34-27(2)28(3)37(56-42(50)46(8,9)10)39(54-34)33-24-20-31(21-25-33)30-18-22-32(23-19-30)36-29(4)38(57-43(51)47(11,12)13)40(58-44(52)48(14,15)16)35(55-36)26-53-41(49)45(5,6)7;25-9-15-17(27)19(29)21(31)23(33-15)13-5-1-11(2-6-13)12-3-7-14(8-4-12)24-22(32)20(30)18(28)16(10-26)34-24;1-7-10-8(2)9(3)11(12(15)17-10)18-13(16)14(4,5)6;13-11-5-1-9(2-6-11)10-3-7-12(14)8-4-10;1-2;/h18-25,27-29,34-40H,17,26H2,1-16H3;1-8,15-32H,9-10H2;8-12H,7H2,1-6H3;1-8H;;1H/t27-,28-,29+,34+,35+,36-,37-,38+,39+,40+;15-,16-,17-,18-,19+,20+,21+,22+,23-,24-;8-,9-,10+,11-,12?;;;/m010.../s1. The Labute approximate surface area is 827 Å². The number of aliphatic hydroxyl groups is 8. The van der Waals surface area contributed by atoms with Gasteiger partial charge in [0.05, 0.1) is 58.6 Å². The third-order valence-electron chi connectivity index (χ3n) is 23.7. The van der Waals surface area contributed by atoms with Gasteiger partial charge in [0.2, 0.25) is 0 Å². The first kappa shape index (κ1) is 112. The number of esters is 5. The molecule has 0 aliphatic carbocycles. The Morgan fingerprint density at radius 1 is 0.323 bits per heavy atom. The number of halogens is 6. The number of carbonyl (C=O) groups excluding carboxylic acids is 5. The van der Waals surface area contributed by atoms with Crippen LogP contribution in [0, 0.1) is 63.8 Å². The van der Waals surface area contributed by atoms with Crippen LogP contribution in [-0.2, 0) is 71.3 Å². The highest BCUT2D eigenvalue weighted by Gasteiger charge is 2.53. The molecule has 1 unspecified atom stereocenters. The Morgan fingerprint density at radius 3 is 0.898 bits per heavy atom. The van der Waals surface area contributed by atoms with Crippen LogP contribution in [0.25, 0.3) is 33.4 Å². The Bertz CT molecular complexity index is 4290. The van der Waals surface area contributed by atoms with Crippen LogP contribution in [0.5, 0.6) is 0 Å². The molecule has 0 spiro atoms. The van der Waals surface area contributed by atoms with Gasteiger partial charge in [0.25, 0.3) is 0 Å². The maximum Gasteiger partial charge on any atom is 0.311 e. The maximum absolute atomic E-state index is 13.4. The Hall–Kier alpha value is -3.72. The zero-order valence-corrected chi connectivity index (χ0v) is 89.4. The van der Waals surface area contributed by atoms with E-state index in [1.165, 1.54) is 18.3 Å². The molecule has 0 radical (unpaired) electrons. The summed E-state index contributed by atoms with van der Waals surface area (Å²) in [4.78, 5) is 64.8. The van der Waals surface area contributed by atoms with Crippen molar-refractivity contribution in [2.75, 3.05) is 19.8 Å². The van der Waals surface area contributed by atoms with Crippen molar-refractivity contribution in [2.45, 2.75) is 286 Å². The molecule has 0 bridgehead atoms. The molecule has 6 aromatic rings. The Kier molecular flexibility index (Phi) is 43.4. The molecule has 706 valence electrons. The summed E-state index contributed by atoms with van der Waals surface area (Å²) in [5.41, 5.74) is 5.52. The summed E-state index contributed by atoms with van der Waals surface area (Å²) in [6.07, 6.45) is -14.6. The van der Waals surface area contributed by atoms with E-state index in [2.05, 4.69) is 201 Å². The highest BCUT2D eigenvalue weighted by atomic mass is 128. The van der Waals surface area contributed by atoms with Gasteiger partial charge in [0.1, 0.15) is 103 Å². The SMILES string of the molecule is CC[C@H]1OC(Br)[C@@H](OC(=O)C(C)(C)C)[C@@H](C)[C@@H]1C.CC[C@H]1O[C@H](c2ccc(-c3ccc([C@H]4O[C@H](COC(=O)C(C)(C)C)[C@@H](OC(=O)C(C)(C)C)[C@H](OC(=O)C(C)(C)C)[C@@H]4C)cc3)cc2)[C@@H](OC(=O)C(C)(C)C)[C@@H](C)[C@@H]1C.I.II.Ic1ccc(-c2ccc(I)cc2)cc1.OC[C@H]1O[C@H](c2ccc(-c3ccc([C@H]4O[C@H](CO)[C@@H](O)[C@H](O)[C@@H]4O)cc3)cc2)[C@@H](O)[C@@H](O)[C@@H]1O. The van der Waals surface area contributed by atoms with Gasteiger partial charge in [-0.3, -0.25) is 24.0 Å². The van der Waals surface area contributed by atoms with Crippen LogP contribution in [0.4, 0.5) is 0 Å². The summed E-state index contributed by atoms with van der Waals surface area (Å²) in [6.45, 7) is 40.6. The molecule has 6 aromatic carbocycles. The number of rotatable bonds is 17. The van der Waals surface area contributed by atoms with Crippen molar-refractivity contribution < 1.29 is 112 Å². The molecular weight excluding hydrogens is 2260 g/mol. The van der Waals surface area contributed by atoms with E-state index in [-0.39, 0.29) is 77.7 Å². The molecule has 0 aromatic heterocycles. The highest BCUT2D eigenvalue weighted by molar-refractivity contribution is 15.0. The van der Waals surface area contributed by atoms with Crippen molar-refractivity contribution in [2.24, 2.45) is 56.7 Å². The third-order valence-corrected chi connectivity index (χ3v) is 25.9. The number of alkyl halides is 1. The summed E-state index contributed by atoms with van der Waals surface area (Å²) >= 11 is 12.4. The third kappa shape index (κ3) is 29.9. The molecule has 0 amide bonds. The molecule has 11 rings (SSSR count). The number of ether oxygens (including phenoxy) is 10. The molecule has 29 heteroatoms. The van der Waals surface area contributed by atoms with E-state index < -0.39 is 162 Å². The quantitative estimate of drug-likeness (QED) is 0.0182. The van der Waals surface area contributed by atoms with Gasteiger partial charge in [-0.2, -0.15) is 0 Å². The molecule has 8 N–H and O–H groups in total. The second kappa shape index (κ2) is 49.2. The van der Waals surface area contributed by atoms with Gasteiger partial charge in [-0.1, -0.05) is 186 Å². The minimum Gasteiger partial charge on any atom is -0.462 e. The first-order valence-corrected chi connectivity index (χ1v) is 52.5. The fraction of sp³-hybridized carbons (Fsp3) is 0.582. The van der Waals surface area contributed by atoms with Crippen LogP contribution in [0.2, 0.25) is 0 Å². The zero-order chi connectivity index (χ0) is 94.3. The van der Waals surface area contributed by atoms with E-state index >= 15 is 0 Å². The predicted octanol–water partition coefficient (Wildman–Crippen LogP) is 19.1. The van der Waals surface area contributed by atoms with Gasteiger partial charge in [-0.15, -0.1) is 24.0 Å². The topological polar surface area (TPSA) is 339 Å². The van der Waals surface area contributed by atoms with Crippen molar-refractivity contribution in [3.63, 3.8) is 0 Å². The average molecular weight is 2390 g/mol. The normalized spacial score (nSPS) is 29.7. The maximum atomic E-state index is 13.4. The van der Waals surface area contributed by atoms with Crippen molar-refractivity contribution in [1.82, 2.24) is 0 Å². The fourth-order valence-electron chi connectivity index (χ4n) is 15.1. The largest absolute Gasteiger partial charge is 0.462 e. The highest BCUT2D eigenvalue weighted by Crippen LogP contribution is 2.46. The average Bonchev–Trinajstić information content (AvgIpc) is 0.677. The van der Waals surface area contributed by atoms with Crippen LogP contribution in [0.1, 0.15) is 212 Å². The molecule has 5 saturated heterocycles. The molecule has 5 heterocycles. The minimum absolute atomic E-state index is 0. The number of hydrogen-bond donors (Lipinski definition) is 8. The van der Waals surface area contributed by atoms with Crippen molar-refractivity contribution >= 4 is 152 Å². The van der Waals surface area contributed by atoms with Crippen LogP contribution in [-0.4, -0.2) is 187 Å². The minimum atomic E-state index is -1.45. The number of hydrogen-bond acceptors (Lipinski definition) is 23. The van der Waals surface area contributed by atoms with E-state index in [0.717, 1.165) is 46.2 Å². The lowest BCUT2D eigenvalue weighted by atomic mass is 9.78. The van der Waals surface area contributed by atoms with Gasteiger partial charge in [0.15, 0.2) is 6.10 Å². The summed E-state index contributed by atoms with van der Waals surface area (Å²) < 4.78 is 62.8. The predicted molar refractivity (Wildman–Crippen MR) is 537 cm³/mol. The second-order valence-corrected chi connectivity index (χ2v) is 42.1. The number of aliphatic hydroxyl groups excluding tert-OH is 8. The Balaban J connectivity index is 0.000000299. The van der Waals surface area contributed by atoms with E-state index in [1.807, 2.05) is 84.9 Å². The molecular formula is C98H134BrI5O23. The molecule has 5 aliphatic heterocycles. The summed E-state index contributed by atoms with van der Waals surface area (Å²) in [7, 11) is 0. The lowest BCUT2D eigenvalue weighted by molar-refractivity contribution is -0.240. The molecule has 5 aliphatic rings. The first-order valence-electron chi connectivity index (χ1n) is 43.1. The molecule has 23 nitrogen and oxygen atoms in total. The van der Waals surface area contributed by atoms with E-state index in [4.69, 9.17) is 47.4 Å². The second-order valence-electron chi connectivity index (χ2n) is 38.7. The number of benzene rings is 6. The van der Waals surface area contributed by atoms with Crippen LogP contribution < -0.4 is 0 Å². The van der Waals surface area contributed by atoms with Crippen molar-refractivity contribution in [1.29, 1.82) is 0 Å². The van der Waals surface area contributed by atoms with E-state index in [0.29, 0.717) is 23.0 Å². The van der Waals surface area contributed by atoms with E-state index in [9.17, 15) is 64.8 Å². The smallest absolute Gasteiger partial charge is 0.311 e. The van der Waals surface area contributed by atoms with Gasteiger partial charge < -0.3 is 88.2 Å². The Morgan fingerprint density at radius 2 is 0.583 bits per heavy atom. The van der Waals surface area contributed by atoms with Gasteiger partial charge in [0, 0.05) is 62.1 Å². The van der Waals surface area contributed by atoms with Crippen LogP contribution >= 0.6 is 122 Å². The zero-order valence-electron chi connectivity index (χ0n) is 76.8. The number of carbonyl (C=O) groups is 5. The van der Waals surface area contributed by atoms with Crippen molar-refractivity contribution in [3.05, 3.63) is 175 Å². The molecule has 5 fully saturated rings. The lowest BCUT2D eigenvalue weighted by Gasteiger charge is -2.45. The summed E-state index contributed by atoms with van der Waals surface area (Å²) in [6, 6.07) is 47.4. The van der Waals surface area contributed by atoms with Gasteiger partial charge >= 0.3 is 29.8 Å². The molecule has 127 heavy (non-hydrogen) atoms. The first-order chi connectivity index (χ1) is 58.8. The summed E-state index contributed by atoms with van der Waals surface area (Å²) in [5, 5.41) is 79.1. The lowest BCUT2D eigenvalue weighted by Crippen LogP contribution is -2.57. The van der Waals surface area contributed by atoms with E-state index in [1.54, 1.807) is 111 Å².